The van der Waals surface area contributed by atoms with Crippen LogP contribution in [0.3, 0.4) is 0 Å². The van der Waals surface area contributed by atoms with Crippen molar-refractivity contribution in [3.05, 3.63) is 81.4 Å². The van der Waals surface area contributed by atoms with E-state index in [9.17, 15) is 14.4 Å². The standard InChI is InChI=1S/C20H13FN2O/c21-14-8-5-13(6-9-14)18-16-10-7-12-3-1-2-4-15(12)19(16)23-20(24)17(18)11-22/h1-6,8-9H,7,10H2,(H,23,24). The number of halogens is 1. The van der Waals surface area contributed by atoms with Crippen molar-refractivity contribution in [2.45, 2.75) is 12.8 Å². The monoisotopic (exact) mass is 316 g/mol. The van der Waals surface area contributed by atoms with Crippen LogP contribution in [0.25, 0.3) is 22.4 Å². The summed E-state index contributed by atoms with van der Waals surface area (Å²) >= 11 is 0. The van der Waals surface area contributed by atoms with E-state index in [0.717, 1.165) is 29.7 Å². The molecule has 24 heavy (non-hydrogen) atoms. The number of nitrogens with one attached hydrogen (secondary N) is 1. The molecule has 0 saturated carbocycles. The molecule has 1 aliphatic carbocycles. The molecule has 0 spiro atoms. The molecule has 1 aromatic heterocycles. The molecule has 1 N–H and O–H groups in total. The van der Waals surface area contributed by atoms with Crippen molar-refractivity contribution in [2.75, 3.05) is 0 Å². The molecule has 4 heteroatoms. The molecule has 0 fully saturated rings. The summed E-state index contributed by atoms with van der Waals surface area (Å²) in [6.45, 7) is 0. The van der Waals surface area contributed by atoms with Gasteiger partial charge in [0, 0.05) is 11.1 Å². The Balaban J connectivity index is 2.08. The van der Waals surface area contributed by atoms with Crippen LogP contribution < -0.4 is 5.56 Å². The predicted molar refractivity (Wildman–Crippen MR) is 90.0 cm³/mol. The Bertz CT molecular complexity index is 1040. The molecular formula is C20H13FN2O. The van der Waals surface area contributed by atoms with Gasteiger partial charge in [-0.25, -0.2) is 4.39 Å². The summed E-state index contributed by atoms with van der Waals surface area (Å²) in [5.74, 6) is -0.346. The van der Waals surface area contributed by atoms with E-state index in [1.165, 1.54) is 17.7 Å². The Hall–Kier alpha value is -3.19. The lowest BCUT2D eigenvalue weighted by molar-refractivity contribution is 0.628. The average molecular weight is 316 g/mol. The molecule has 0 bridgehead atoms. The Morgan fingerprint density at radius 1 is 1.04 bits per heavy atom. The van der Waals surface area contributed by atoms with Crippen LogP contribution >= 0.6 is 0 Å². The number of H-pyrrole nitrogens is 1. The van der Waals surface area contributed by atoms with Crippen LogP contribution in [0.5, 0.6) is 0 Å². The number of aromatic nitrogens is 1. The molecule has 0 atom stereocenters. The summed E-state index contributed by atoms with van der Waals surface area (Å²) < 4.78 is 13.3. The van der Waals surface area contributed by atoms with E-state index in [4.69, 9.17) is 0 Å². The number of fused-ring (bicyclic) bond motifs is 3. The van der Waals surface area contributed by atoms with Crippen molar-refractivity contribution in [2.24, 2.45) is 0 Å². The number of nitrogens with zero attached hydrogens (tertiary/aromatic N) is 1. The van der Waals surface area contributed by atoms with E-state index in [1.54, 1.807) is 12.1 Å². The summed E-state index contributed by atoms with van der Waals surface area (Å²) in [4.78, 5) is 15.3. The van der Waals surface area contributed by atoms with Crippen LogP contribution in [0.2, 0.25) is 0 Å². The van der Waals surface area contributed by atoms with Crippen molar-refractivity contribution >= 4 is 0 Å². The van der Waals surface area contributed by atoms with Gasteiger partial charge in [-0.2, -0.15) is 5.26 Å². The Labute approximate surface area is 138 Å². The highest BCUT2D eigenvalue weighted by atomic mass is 19.1. The van der Waals surface area contributed by atoms with E-state index in [1.807, 2.05) is 30.3 Å². The second-order valence-corrected chi connectivity index (χ2v) is 5.83. The zero-order valence-electron chi connectivity index (χ0n) is 12.8. The van der Waals surface area contributed by atoms with Gasteiger partial charge in [0.1, 0.15) is 17.4 Å². The van der Waals surface area contributed by atoms with Crippen molar-refractivity contribution < 1.29 is 4.39 Å². The fourth-order valence-corrected chi connectivity index (χ4v) is 3.40. The highest BCUT2D eigenvalue weighted by molar-refractivity contribution is 5.82. The second-order valence-electron chi connectivity index (χ2n) is 5.83. The summed E-state index contributed by atoms with van der Waals surface area (Å²) in [6.07, 6.45) is 1.57. The number of benzene rings is 2. The molecule has 116 valence electrons. The minimum Gasteiger partial charge on any atom is -0.320 e. The van der Waals surface area contributed by atoms with E-state index in [-0.39, 0.29) is 11.4 Å². The molecule has 4 rings (SSSR count). The summed E-state index contributed by atoms with van der Waals surface area (Å²) in [6, 6.07) is 15.9. The van der Waals surface area contributed by atoms with Crippen molar-refractivity contribution in [1.29, 1.82) is 5.26 Å². The summed E-state index contributed by atoms with van der Waals surface area (Å²) in [5, 5.41) is 9.47. The summed E-state index contributed by atoms with van der Waals surface area (Å²) in [5.41, 5.74) is 4.85. The van der Waals surface area contributed by atoms with Gasteiger partial charge >= 0.3 is 0 Å². The molecule has 0 saturated heterocycles. The largest absolute Gasteiger partial charge is 0.320 e. The van der Waals surface area contributed by atoms with Gasteiger partial charge in [-0.15, -0.1) is 0 Å². The first-order valence-corrected chi connectivity index (χ1v) is 7.72. The first-order chi connectivity index (χ1) is 11.7. The Kier molecular flexibility index (Phi) is 3.28. The van der Waals surface area contributed by atoms with Gasteiger partial charge in [0.05, 0.1) is 5.69 Å². The lowest BCUT2D eigenvalue weighted by Crippen LogP contribution is -2.19. The number of hydrogen-bond acceptors (Lipinski definition) is 2. The molecule has 3 aromatic rings. The quantitative estimate of drug-likeness (QED) is 0.742. The molecule has 1 heterocycles. The zero-order valence-corrected chi connectivity index (χ0v) is 12.8. The van der Waals surface area contributed by atoms with E-state index in [0.29, 0.717) is 11.1 Å². The smallest absolute Gasteiger partial charge is 0.266 e. The first-order valence-electron chi connectivity index (χ1n) is 7.72. The molecule has 0 aliphatic heterocycles. The highest BCUT2D eigenvalue weighted by Gasteiger charge is 2.24. The maximum absolute atomic E-state index is 13.3. The minimum absolute atomic E-state index is 0.0831. The number of pyridine rings is 1. The third-order valence-corrected chi connectivity index (χ3v) is 4.49. The first kappa shape index (κ1) is 14.4. The Morgan fingerprint density at radius 2 is 1.79 bits per heavy atom. The van der Waals surface area contributed by atoms with Crippen LogP contribution in [-0.4, -0.2) is 4.98 Å². The van der Waals surface area contributed by atoms with Crippen LogP contribution in [0, 0.1) is 17.1 Å². The fraction of sp³-hybridized carbons (Fsp3) is 0.100. The molecule has 0 amide bonds. The number of aromatic amines is 1. The topological polar surface area (TPSA) is 56.6 Å². The van der Waals surface area contributed by atoms with Crippen molar-refractivity contribution in [3.8, 4) is 28.5 Å². The predicted octanol–water partition coefficient (Wildman–Crippen LogP) is 3.82. The SMILES string of the molecule is N#Cc1c(-c2ccc(F)cc2)c2c([nH]c1=O)-c1ccccc1CC2. The van der Waals surface area contributed by atoms with E-state index >= 15 is 0 Å². The van der Waals surface area contributed by atoms with Crippen LogP contribution in [-0.2, 0) is 12.8 Å². The third kappa shape index (κ3) is 2.14. The Morgan fingerprint density at radius 3 is 2.54 bits per heavy atom. The summed E-state index contributed by atoms with van der Waals surface area (Å²) in [7, 11) is 0. The van der Waals surface area contributed by atoms with Gasteiger partial charge in [0.2, 0.25) is 0 Å². The number of hydrogen-bond donors (Lipinski definition) is 1. The van der Waals surface area contributed by atoms with Gasteiger partial charge in [-0.05, 0) is 41.7 Å². The molecule has 3 nitrogen and oxygen atoms in total. The van der Waals surface area contributed by atoms with E-state index < -0.39 is 5.56 Å². The number of rotatable bonds is 1. The average Bonchev–Trinajstić information content (AvgIpc) is 2.61. The molecule has 2 aromatic carbocycles. The lowest BCUT2D eigenvalue weighted by Gasteiger charge is -2.22. The third-order valence-electron chi connectivity index (χ3n) is 4.49. The molecule has 0 unspecified atom stereocenters. The van der Waals surface area contributed by atoms with Crippen LogP contribution in [0.15, 0.2) is 53.3 Å². The minimum atomic E-state index is -0.410. The van der Waals surface area contributed by atoms with Gasteiger partial charge < -0.3 is 4.98 Å². The normalized spacial score (nSPS) is 12.2. The van der Waals surface area contributed by atoms with Gasteiger partial charge in [-0.1, -0.05) is 36.4 Å². The zero-order chi connectivity index (χ0) is 16.7. The molecule has 0 radical (unpaired) electrons. The maximum Gasteiger partial charge on any atom is 0.266 e. The molecule has 1 aliphatic rings. The van der Waals surface area contributed by atoms with Gasteiger partial charge in [0.15, 0.2) is 0 Å². The highest BCUT2D eigenvalue weighted by Crippen LogP contribution is 2.37. The fourth-order valence-electron chi connectivity index (χ4n) is 3.40. The van der Waals surface area contributed by atoms with E-state index in [2.05, 4.69) is 4.98 Å². The maximum atomic E-state index is 13.3. The van der Waals surface area contributed by atoms with Crippen molar-refractivity contribution in [1.82, 2.24) is 4.98 Å². The van der Waals surface area contributed by atoms with Crippen molar-refractivity contribution in [3.63, 3.8) is 0 Å². The van der Waals surface area contributed by atoms with Crippen LogP contribution in [0.1, 0.15) is 16.7 Å². The van der Waals surface area contributed by atoms with Gasteiger partial charge in [0.25, 0.3) is 5.56 Å². The lowest BCUT2D eigenvalue weighted by atomic mass is 9.83. The second kappa shape index (κ2) is 5.47. The number of nitriles is 1. The number of aryl methyl sites for hydroxylation is 1. The molecular weight excluding hydrogens is 303 g/mol. The van der Waals surface area contributed by atoms with Crippen LogP contribution in [0.4, 0.5) is 4.39 Å². The van der Waals surface area contributed by atoms with Gasteiger partial charge in [-0.3, -0.25) is 4.79 Å².